The Balaban J connectivity index is 1.14. The van der Waals surface area contributed by atoms with Crippen molar-refractivity contribution >= 4 is 17.8 Å². The number of amides is 1. The third-order valence-electron chi connectivity index (χ3n) is 6.89. The van der Waals surface area contributed by atoms with Crippen molar-refractivity contribution in [2.45, 2.75) is 44.5 Å². The van der Waals surface area contributed by atoms with Gasteiger partial charge in [0.2, 0.25) is 11.7 Å². The lowest BCUT2D eigenvalue weighted by atomic mass is 9.94. The summed E-state index contributed by atoms with van der Waals surface area (Å²) in [4.78, 5) is 23.5. The maximum absolute atomic E-state index is 13.7. The van der Waals surface area contributed by atoms with Crippen molar-refractivity contribution in [2.75, 3.05) is 5.32 Å². The van der Waals surface area contributed by atoms with Gasteiger partial charge in [-0.1, -0.05) is 6.92 Å². The van der Waals surface area contributed by atoms with Crippen molar-refractivity contribution < 1.29 is 27.1 Å². The third kappa shape index (κ3) is 4.30. The molecule has 0 saturated heterocycles. The zero-order valence-electron chi connectivity index (χ0n) is 17.7. The van der Waals surface area contributed by atoms with Crippen LogP contribution in [0.3, 0.4) is 0 Å². The fraction of sp³-hybridized carbons (Fsp3) is 0.478. The van der Waals surface area contributed by atoms with E-state index < -0.39 is 12.0 Å². The minimum atomic E-state index is -4.63. The van der Waals surface area contributed by atoms with E-state index in [9.17, 15) is 22.4 Å². The van der Waals surface area contributed by atoms with E-state index in [1.165, 1.54) is 12.2 Å². The lowest BCUT2D eigenvalue weighted by Crippen LogP contribution is -2.26. The predicted molar refractivity (Wildman–Crippen MR) is 112 cm³/mol. The molecule has 2 fully saturated rings. The van der Waals surface area contributed by atoms with Crippen LogP contribution in [-0.2, 0) is 15.7 Å². The first-order valence-electron chi connectivity index (χ1n) is 10.9. The second kappa shape index (κ2) is 8.07. The number of nitrogens with zero attached hydrogens (tertiary/aromatic N) is 3. The molecule has 1 amide bonds. The molecule has 3 aliphatic carbocycles. The largest absolute Gasteiger partial charge is 0.490 e. The van der Waals surface area contributed by atoms with Gasteiger partial charge in [-0.3, -0.25) is 9.79 Å². The van der Waals surface area contributed by atoms with E-state index in [0.29, 0.717) is 24.0 Å². The van der Waals surface area contributed by atoms with Crippen molar-refractivity contribution in [2.24, 2.45) is 28.7 Å². The molecule has 4 aliphatic rings. The number of carbonyl (C=O) groups is 1. The summed E-state index contributed by atoms with van der Waals surface area (Å²) in [5.74, 6) is -0.521. The van der Waals surface area contributed by atoms with Gasteiger partial charge in [0.05, 0.1) is 30.2 Å². The molecule has 6 atom stereocenters. The highest BCUT2D eigenvalue weighted by Gasteiger charge is 2.59. The Labute approximate surface area is 187 Å². The number of dihydropyridines is 1. The maximum atomic E-state index is 13.7. The molecule has 1 N–H and O–H groups in total. The predicted octanol–water partition coefficient (Wildman–Crippen LogP) is 4.63. The number of aliphatic imine (C=N–C) groups is 1. The van der Waals surface area contributed by atoms with Crippen LogP contribution in [0.1, 0.15) is 32.0 Å². The highest BCUT2D eigenvalue weighted by Crippen LogP contribution is 2.61. The lowest BCUT2D eigenvalue weighted by molar-refractivity contribution is -0.144. The molecule has 5 rings (SSSR count). The normalized spacial score (nSPS) is 30.9. The quantitative estimate of drug-likeness (QED) is 0.648. The van der Waals surface area contributed by atoms with E-state index in [-0.39, 0.29) is 41.4 Å². The molecule has 2 unspecified atom stereocenters. The highest BCUT2D eigenvalue weighted by atomic mass is 19.4. The van der Waals surface area contributed by atoms with Gasteiger partial charge in [0, 0.05) is 17.7 Å². The van der Waals surface area contributed by atoms with Crippen LogP contribution in [0.15, 0.2) is 52.8 Å². The van der Waals surface area contributed by atoms with Gasteiger partial charge in [0.15, 0.2) is 0 Å². The Morgan fingerprint density at radius 2 is 1.91 bits per heavy atom. The number of hydrogen-bond donors (Lipinski definition) is 1. The van der Waals surface area contributed by atoms with Crippen LogP contribution >= 0.6 is 0 Å². The maximum Gasteiger partial charge on any atom is 0.451 e. The molecule has 174 valence electrons. The average molecular weight is 462 g/mol. The van der Waals surface area contributed by atoms with Gasteiger partial charge in [-0.25, -0.2) is 14.4 Å². The summed E-state index contributed by atoms with van der Waals surface area (Å²) in [6, 6.07) is -0.105. The minimum absolute atomic E-state index is 0.00286. The van der Waals surface area contributed by atoms with E-state index in [1.54, 1.807) is 12.3 Å². The molecule has 0 spiro atoms. The van der Waals surface area contributed by atoms with Gasteiger partial charge in [0.25, 0.3) is 0 Å². The summed E-state index contributed by atoms with van der Waals surface area (Å²) in [6.07, 6.45) is 5.90. The van der Waals surface area contributed by atoms with Crippen LogP contribution in [0.5, 0.6) is 0 Å². The number of aromatic nitrogens is 2. The van der Waals surface area contributed by atoms with Crippen LogP contribution < -0.4 is 5.32 Å². The summed E-state index contributed by atoms with van der Waals surface area (Å²) in [6.45, 7) is 1.83. The Kier molecular flexibility index (Phi) is 5.33. The second-order valence-corrected chi connectivity index (χ2v) is 8.96. The molecule has 1 aliphatic heterocycles. The molecule has 1 aromatic heterocycles. The Morgan fingerprint density at radius 1 is 1.21 bits per heavy atom. The van der Waals surface area contributed by atoms with Gasteiger partial charge < -0.3 is 10.1 Å². The molecule has 1 aromatic rings. The first kappa shape index (κ1) is 21.8. The smallest absolute Gasteiger partial charge is 0.451 e. The Morgan fingerprint density at radius 3 is 2.58 bits per heavy atom. The highest BCUT2D eigenvalue weighted by molar-refractivity contribution is 5.92. The number of anilines is 1. The first-order chi connectivity index (χ1) is 15.7. The molecule has 2 saturated carbocycles. The molecule has 6 nitrogen and oxygen atoms in total. The second-order valence-electron chi connectivity index (χ2n) is 8.96. The van der Waals surface area contributed by atoms with Crippen molar-refractivity contribution in [3.05, 3.63) is 53.6 Å². The van der Waals surface area contributed by atoms with Gasteiger partial charge in [-0.15, -0.1) is 0 Å². The number of alkyl halides is 3. The number of allylic oxidation sites excluding steroid dienone is 3. The summed E-state index contributed by atoms with van der Waals surface area (Å²) >= 11 is 0. The molecular formula is C23H22F4N4O2. The van der Waals surface area contributed by atoms with E-state index in [4.69, 9.17) is 4.74 Å². The van der Waals surface area contributed by atoms with Crippen molar-refractivity contribution in [3.8, 4) is 0 Å². The van der Waals surface area contributed by atoms with Crippen molar-refractivity contribution in [3.63, 3.8) is 0 Å². The van der Waals surface area contributed by atoms with E-state index in [2.05, 4.69) is 20.3 Å². The van der Waals surface area contributed by atoms with E-state index >= 15 is 0 Å². The topological polar surface area (TPSA) is 76.5 Å². The zero-order chi connectivity index (χ0) is 23.3. The third-order valence-corrected chi connectivity index (χ3v) is 6.89. The van der Waals surface area contributed by atoms with Gasteiger partial charge in [0.1, 0.15) is 11.6 Å². The van der Waals surface area contributed by atoms with Crippen LogP contribution in [0.25, 0.3) is 0 Å². The fourth-order valence-corrected chi connectivity index (χ4v) is 5.28. The molecule has 33 heavy (non-hydrogen) atoms. The number of nitrogens with one attached hydrogen (secondary N) is 1. The lowest BCUT2D eigenvalue weighted by Gasteiger charge is -2.27. The molecule has 10 heteroatoms. The number of fused-ring (bicyclic) bond motifs is 2. The first-order valence-corrected chi connectivity index (χ1v) is 10.9. The van der Waals surface area contributed by atoms with Gasteiger partial charge >= 0.3 is 6.18 Å². The molecular weight excluding hydrogens is 440 g/mol. The number of rotatable bonds is 5. The Hall–Kier alpha value is -3.04. The summed E-state index contributed by atoms with van der Waals surface area (Å²) in [7, 11) is 0. The van der Waals surface area contributed by atoms with Gasteiger partial charge in [-0.2, -0.15) is 13.2 Å². The van der Waals surface area contributed by atoms with Crippen LogP contribution in [-0.4, -0.2) is 34.2 Å². The average Bonchev–Trinajstić information content (AvgIpc) is 3.27. The fourth-order valence-electron chi connectivity index (χ4n) is 5.28. The SMILES string of the molecule is CC(C(=O)Nc1cnc(C(F)(F)F)nc1)[C@H]1[C@@H]2C[C@H](OC3=CC=NC4CC=C(F)C=C34)C[C@@H]21. The van der Waals surface area contributed by atoms with Crippen molar-refractivity contribution in [1.29, 1.82) is 0 Å². The Bertz CT molecular complexity index is 1060. The zero-order valence-corrected chi connectivity index (χ0v) is 17.7. The summed E-state index contributed by atoms with van der Waals surface area (Å²) in [5.41, 5.74) is 0.899. The molecule has 2 heterocycles. The number of halogens is 4. The van der Waals surface area contributed by atoms with E-state index in [1.807, 2.05) is 6.92 Å². The molecule has 0 aromatic carbocycles. The number of carbonyl (C=O) groups excluding carboxylic acids is 1. The van der Waals surface area contributed by atoms with Crippen LogP contribution in [0.2, 0.25) is 0 Å². The number of ether oxygens (including phenoxy) is 1. The molecule has 0 radical (unpaired) electrons. The monoisotopic (exact) mass is 462 g/mol. The summed E-state index contributed by atoms with van der Waals surface area (Å²) in [5, 5.41) is 2.61. The standard InChI is InChI=1S/C23H22F4N4O2/c1-11(21(32)31-13-9-29-22(30-10-13)23(25,26)27)20-15-7-14(8-16(15)20)33-19-4-5-28-18-3-2-12(24)6-17(18)19/h2,4-6,9-11,14-16,18,20H,3,7-8H2,1H3,(H,31,32)/t11?,14-,15+,16-,18?,20-. The summed E-state index contributed by atoms with van der Waals surface area (Å²) < 4.78 is 57.6. The number of hydrogen-bond acceptors (Lipinski definition) is 5. The van der Waals surface area contributed by atoms with E-state index in [0.717, 1.165) is 30.8 Å². The molecule has 0 bridgehead atoms. The van der Waals surface area contributed by atoms with Crippen LogP contribution in [0.4, 0.5) is 23.2 Å². The van der Waals surface area contributed by atoms with Gasteiger partial charge in [-0.05, 0) is 55.2 Å². The van der Waals surface area contributed by atoms with Crippen LogP contribution in [0, 0.1) is 23.7 Å². The minimum Gasteiger partial charge on any atom is -0.490 e. The van der Waals surface area contributed by atoms with Crippen molar-refractivity contribution in [1.82, 2.24) is 9.97 Å².